The van der Waals surface area contributed by atoms with Crippen molar-refractivity contribution in [2.45, 2.75) is 40.5 Å². The van der Waals surface area contributed by atoms with E-state index in [0.717, 1.165) is 0 Å². The first-order valence-electron chi connectivity index (χ1n) is 5.54. The topological polar surface area (TPSA) is 69.4 Å². The lowest BCUT2D eigenvalue weighted by atomic mass is 9.80. The van der Waals surface area contributed by atoms with Gasteiger partial charge in [0.1, 0.15) is 0 Å². The number of primary amides is 1. The van der Waals surface area contributed by atoms with E-state index in [1.807, 2.05) is 20.8 Å². The van der Waals surface area contributed by atoms with Gasteiger partial charge in [-0.05, 0) is 18.3 Å². The van der Waals surface area contributed by atoms with Gasteiger partial charge in [-0.25, -0.2) is 0 Å². The van der Waals surface area contributed by atoms with Gasteiger partial charge in [-0.2, -0.15) is 0 Å². The summed E-state index contributed by atoms with van der Waals surface area (Å²) in [5, 5.41) is 0. The maximum atomic E-state index is 11.3. The molecule has 0 saturated heterocycles. The Morgan fingerprint density at radius 3 is 2.12 bits per heavy atom. The largest absolute Gasteiger partial charge is 0.469 e. The zero-order valence-electron chi connectivity index (χ0n) is 10.9. The SMILES string of the molecule is COC(=O)[C@@H](C)CC(CC(C)(C)C)C(N)=O. The predicted molar refractivity (Wildman–Crippen MR) is 62.6 cm³/mol. The van der Waals surface area contributed by atoms with Crippen LogP contribution in [0.5, 0.6) is 0 Å². The molecule has 16 heavy (non-hydrogen) atoms. The lowest BCUT2D eigenvalue weighted by Crippen LogP contribution is -2.30. The maximum absolute atomic E-state index is 11.3. The number of hydrogen-bond acceptors (Lipinski definition) is 3. The minimum absolute atomic E-state index is 0.0233. The summed E-state index contributed by atoms with van der Waals surface area (Å²) in [5.74, 6) is -1.19. The third-order valence-corrected chi connectivity index (χ3v) is 2.50. The number of esters is 1. The van der Waals surface area contributed by atoms with Crippen molar-refractivity contribution >= 4 is 11.9 Å². The number of amides is 1. The highest BCUT2D eigenvalue weighted by atomic mass is 16.5. The molecule has 0 aromatic carbocycles. The molecule has 0 aliphatic rings. The summed E-state index contributed by atoms with van der Waals surface area (Å²) >= 11 is 0. The highest BCUT2D eigenvalue weighted by Crippen LogP contribution is 2.28. The Balaban J connectivity index is 4.46. The van der Waals surface area contributed by atoms with Crippen LogP contribution in [-0.4, -0.2) is 19.0 Å². The van der Waals surface area contributed by atoms with E-state index in [-0.39, 0.29) is 29.1 Å². The summed E-state index contributed by atoms with van der Waals surface area (Å²) in [7, 11) is 1.35. The number of carbonyl (C=O) groups excluding carboxylic acids is 2. The van der Waals surface area contributed by atoms with Crippen LogP contribution in [0.15, 0.2) is 0 Å². The third-order valence-electron chi connectivity index (χ3n) is 2.50. The zero-order chi connectivity index (χ0) is 12.9. The second kappa shape index (κ2) is 5.87. The molecular formula is C12H23NO3. The lowest BCUT2D eigenvalue weighted by molar-refractivity contribution is -0.145. The Morgan fingerprint density at radius 1 is 1.31 bits per heavy atom. The van der Waals surface area contributed by atoms with E-state index >= 15 is 0 Å². The molecule has 94 valence electrons. The van der Waals surface area contributed by atoms with Crippen LogP contribution in [0.25, 0.3) is 0 Å². The maximum Gasteiger partial charge on any atom is 0.308 e. The highest BCUT2D eigenvalue weighted by Gasteiger charge is 2.27. The highest BCUT2D eigenvalue weighted by molar-refractivity contribution is 5.78. The molecule has 0 fully saturated rings. The zero-order valence-corrected chi connectivity index (χ0v) is 10.9. The predicted octanol–water partition coefficient (Wildman–Crippen LogP) is 1.72. The van der Waals surface area contributed by atoms with Crippen LogP contribution in [0, 0.1) is 17.3 Å². The number of methoxy groups -OCH3 is 1. The average Bonchev–Trinajstić information content (AvgIpc) is 2.13. The van der Waals surface area contributed by atoms with Crippen molar-refractivity contribution in [1.82, 2.24) is 0 Å². The molecule has 1 amide bonds. The summed E-state index contributed by atoms with van der Waals surface area (Å²) in [6, 6.07) is 0. The van der Waals surface area contributed by atoms with Crippen molar-refractivity contribution in [2.24, 2.45) is 23.0 Å². The van der Waals surface area contributed by atoms with Gasteiger partial charge in [0.15, 0.2) is 0 Å². The molecule has 0 radical (unpaired) electrons. The quantitative estimate of drug-likeness (QED) is 0.730. The van der Waals surface area contributed by atoms with E-state index in [0.29, 0.717) is 12.8 Å². The Hall–Kier alpha value is -1.06. The molecule has 4 nitrogen and oxygen atoms in total. The van der Waals surface area contributed by atoms with Gasteiger partial charge in [-0.3, -0.25) is 9.59 Å². The fourth-order valence-electron chi connectivity index (χ4n) is 1.76. The van der Waals surface area contributed by atoms with E-state index in [9.17, 15) is 9.59 Å². The van der Waals surface area contributed by atoms with Gasteiger partial charge in [0, 0.05) is 5.92 Å². The number of rotatable bonds is 5. The summed E-state index contributed by atoms with van der Waals surface area (Å²) in [4.78, 5) is 22.6. The van der Waals surface area contributed by atoms with Crippen molar-refractivity contribution in [2.75, 3.05) is 7.11 Å². The molecule has 0 rings (SSSR count). The first-order chi connectivity index (χ1) is 7.17. The fourth-order valence-corrected chi connectivity index (χ4v) is 1.76. The van der Waals surface area contributed by atoms with E-state index < -0.39 is 0 Å². The van der Waals surface area contributed by atoms with E-state index in [4.69, 9.17) is 5.73 Å². The van der Waals surface area contributed by atoms with Crippen molar-refractivity contribution in [3.8, 4) is 0 Å². The second-order valence-corrected chi connectivity index (χ2v) is 5.52. The van der Waals surface area contributed by atoms with Crippen molar-refractivity contribution in [3.05, 3.63) is 0 Å². The molecule has 0 aromatic heterocycles. The Labute approximate surface area is 97.5 Å². The summed E-state index contributed by atoms with van der Waals surface area (Å²) in [5.41, 5.74) is 5.37. The standard InChI is InChI=1S/C12H23NO3/c1-8(11(15)16-5)6-9(10(13)14)7-12(2,3)4/h8-9H,6-7H2,1-5H3,(H2,13,14)/t8-,9?/m0/s1. The Bertz CT molecular complexity index is 255. The van der Waals surface area contributed by atoms with Gasteiger partial charge in [-0.1, -0.05) is 27.7 Å². The molecule has 0 saturated carbocycles. The van der Waals surface area contributed by atoms with Crippen LogP contribution in [0.3, 0.4) is 0 Å². The van der Waals surface area contributed by atoms with Crippen LogP contribution in [0.2, 0.25) is 0 Å². The van der Waals surface area contributed by atoms with Gasteiger partial charge in [0.05, 0.1) is 13.0 Å². The molecule has 2 atom stereocenters. The molecule has 0 aliphatic carbocycles. The van der Waals surface area contributed by atoms with Crippen molar-refractivity contribution in [3.63, 3.8) is 0 Å². The molecule has 2 N–H and O–H groups in total. The molecular weight excluding hydrogens is 206 g/mol. The summed E-state index contributed by atoms with van der Waals surface area (Å²) in [6.07, 6.45) is 1.14. The number of hydrogen-bond donors (Lipinski definition) is 1. The molecule has 4 heteroatoms. The fraction of sp³-hybridized carbons (Fsp3) is 0.833. The normalized spacial score (nSPS) is 15.3. The number of nitrogens with two attached hydrogens (primary N) is 1. The van der Waals surface area contributed by atoms with Gasteiger partial charge in [0.25, 0.3) is 0 Å². The van der Waals surface area contributed by atoms with Gasteiger partial charge in [-0.15, -0.1) is 0 Å². The first kappa shape index (κ1) is 14.9. The van der Waals surface area contributed by atoms with Crippen LogP contribution in [-0.2, 0) is 14.3 Å². The average molecular weight is 229 g/mol. The molecule has 0 spiro atoms. The van der Waals surface area contributed by atoms with Crippen LogP contribution >= 0.6 is 0 Å². The molecule has 0 heterocycles. The summed E-state index contributed by atoms with van der Waals surface area (Å²) in [6.45, 7) is 7.90. The van der Waals surface area contributed by atoms with Gasteiger partial charge < -0.3 is 10.5 Å². The molecule has 0 bridgehead atoms. The van der Waals surface area contributed by atoms with E-state index in [1.165, 1.54) is 7.11 Å². The van der Waals surface area contributed by atoms with Crippen LogP contribution < -0.4 is 5.73 Å². The third kappa shape index (κ3) is 5.73. The van der Waals surface area contributed by atoms with Crippen molar-refractivity contribution < 1.29 is 14.3 Å². The summed E-state index contributed by atoms with van der Waals surface area (Å²) < 4.78 is 4.63. The number of ether oxygens (including phenoxy) is 1. The van der Waals surface area contributed by atoms with E-state index in [1.54, 1.807) is 6.92 Å². The number of carbonyl (C=O) groups is 2. The second-order valence-electron chi connectivity index (χ2n) is 5.52. The molecule has 0 aliphatic heterocycles. The van der Waals surface area contributed by atoms with Crippen LogP contribution in [0.4, 0.5) is 0 Å². The van der Waals surface area contributed by atoms with Crippen molar-refractivity contribution in [1.29, 1.82) is 0 Å². The lowest BCUT2D eigenvalue weighted by Gasteiger charge is -2.25. The van der Waals surface area contributed by atoms with E-state index in [2.05, 4.69) is 4.74 Å². The molecule has 0 aromatic rings. The van der Waals surface area contributed by atoms with Gasteiger partial charge in [0.2, 0.25) is 5.91 Å². The van der Waals surface area contributed by atoms with Crippen LogP contribution in [0.1, 0.15) is 40.5 Å². The minimum atomic E-state index is -0.342. The monoisotopic (exact) mass is 229 g/mol. The van der Waals surface area contributed by atoms with Gasteiger partial charge >= 0.3 is 5.97 Å². The smallest absolute Gasteiger partial charge is 0.308 e. The molecule has 1 unspecified atom stereocenters. The first-order valence-corrected chi connectivity index (χ1v) is 5.54. The minimum Gasteiger partial charge on any atom is -0.469 e. The Kier molecular flexibility index (Phi) is 5.48. The Morgan fingerprint density at radius 2 is 1.81 bits per heavy atom.